The number of fused-ring (bicyclic) bond motifs is 1. The second-order valence-electron chi connectivity index (χ2n) is 7.22. The number of carbonyl (C=O) groups is 1. The Morgan fingerprint density at radius 1 is 1.52 bits per heavy atom. The van der Waals surface area contributed by atoms with Gasteiger partial charge in [0.05, 0.1) is 16.7 Å². The largest absolute Gasteiger partial charge is 0.339 e. The SMILES string of the molecule is CCS(=O)(=O)N[C@@H]1C[C@H]2CN(C(=O)c3cscn3)C[C@@]2(c2nc(C)no2)C1. The van der Waals surface area contributed by atoms with Crippen molar-refractivity contribution >= 4 is 27.3 Å². The number of hydrogen-bond donors (Lipinski definition) is 1. The zero-order chi connectivity index (χ0) is 19.2. The maximum atomic E-state index is 12.8. The summed E-state index contributed by atoms with van der Waals surface area (Å²) in [6.07, 6.45) is 1.15. The van der Waals surface area contributed by atoms with Crippen molar-refractivity contribution in [2.24, 2.45) is 5.92 Å². The first-order chi connectivity index (χ1) is 12.8. The smallest absolute Gasteiger partial charge is 0.273 e. The van der Waals surface area contributed by atoms with Crippen LogP contribution >= 0.6 is 11.3 Å². The summed E-state index contributed by atoms with van der Waals surface area (Å²) in [5.74, 6) is 0.975. The van der Waals surface area contributed by atoms with Crippen LogP contribution < -0.4 is 4.72 Å². The molecular formula is C16H21N5O4S2. The molecule has 27 heavy (non-hydrogen) atoms. The zero-order valence-corrected chi connectivity index (χ0v) is 16.7. The summed E-state index contributed by atoms with van der Waals surface area (Å²) in [6, 6.07) is -0.205. The lowest BCUT2D eigenvalue weighted by Crippen LogP contribution is -2.40. The van der Waals surface area contributed by atoms with Gasteiger partial charge in [0.2, 0.25) is 15.9 Å². The van der Waals surface area contributed by atoms with Gasteiger partial charge in [0.1, 0.15) is 5.69 Å². The molecule has 0 unspecified atom stereocenters. The van der Waals surface area contributed by atoms with Crippen molar-refractivity contribution in [3.05, 3.63) is 28.3 Å². The van der Waals surface area contributed by atoms with E-state index in [9.17, 15) is 13.2 Å². The summed E-state index contributed by atoms with van der Waals surface area (Å²) in [4.78, 5) is 23.1. The fourth-order valence-corrected chi connectivity index (χ4v) is 5.64. The average Bonchev–Trinajstić information content (AvgIpc) is 3.36. The van der Waals surface area contributed by atoms with Gasteiger partial charge in [-0.1, -0.05) is 5.16 Å². The molecule has 2 fully saturated rings. The summed E-state index contributed by atoms with van der Waals surface area (Å²) in [5.41, 5.74) is 1.53. The van der Waals surface area contributed by atoms with Crippen LogP contribution in [-0.2, 0) is 15.4 Å². The molecular weight excluding hydrogens is 390 g/mol. The van der Waals surface area contributed by atoms with E-state index in [2.05, 4.69) is 19.8 Å². The minimum Gasteiger partial charge on any atom is -0.339 e. The number of sulfonamides is 1. The molecule has 0 radical (unpaired) electrons. The van der Waals surface area contributed by atoms with Gasteiger partial charge in [0.25, 0.3) is 5.91 Å². The molecule has 1 saturated carbocycles. The van der Waals surface area contributed by atoms with Crippen LogP contribution in [0.3, 0.4) is 0 Å². The summed E-state index contributed by atoms with van der Waals surface area (Å²) in [7, 11) is -3.31. The van der Waals surface area contributed by atoms with E-state index in [1.54, 1.807) is 29.6 Å². The molecule has 2 aromatic rings. The van der Waals surface area contributed by atoms with Gasteiger partial charge in [0.15, 0.2) is 5.82 Å². The highest BCUT2D eigenvalue weighted by atomic mass is 32.2. The van der Waals surface area contributed by atoms with Crippen molar-refractivity contribution < 1.29 is 17.7 Å². The number of aromatic nitrogens is 3. The third-order valence-electron chi connectivity index (χ3n) is 5.49. The number of aryl methyl sites for hydroxylation is 1. The topological polar surface area (TPSA) is 118 Å². The maximum absolute atomic E-state index is 12.8. The van der Waals surface area contributed by atoms with Crippen LogP contribution in [0.4, 0.5) is 0 Å². The second-order valence-corrected chi connectivity index (χ2v) is 9.98. The molecule has 11 heteroatoms. The fourth-order valence-electron chi connectivity index (χ4n) is 4.26. The minimum absolute atomic E-state index is 0.0370. The molecule has 0 aromatic carbocycles. The number of nitrogens with zero attached hydrogens (tertiary/aromatic N) is 4. The number of nitrogens with one attached hydrogen (secondary N) is 1. The maximum Gasteiger partial charge on any atom is 0.273 e. The first-order valence-electron chi connectivity index (χ1n) is 8.81. The second kappa shape index (κ2) is 6.64. The Morgan fingerprint density at radius 3 is 2.96 bits per heavy atom. The van der Waals surface area contributed by atoms with Crippen LogP contribution in [0.2, 0.25) is 0 Å². The molecule has 1 amide bonds. The van der Waals surface area contributed by atoms with Crippen molar-refractivity contribution in [2.45, 2.75) is 38.1 Å². The number of thiazole rings is 1. The van der Waals surface area contributed by atoms with Gasteiger partial charge in [0, 0.05) is 24.5 Å². The zero-order valence-electron chi connectivity index (χ0n) is 15.1. The fraction of sp³-hybridized carbons (Fsp3) is 0.625. The number of hydrogen-bond acceptors (Lipinski definition) is 8. The number of rotatable bonds is 5. The molecule has 1 aliphatic carbocycles. The highest BCUT2D eigenvalue weighted by Crippen LogP contribution is 2.50. The normalized spacial score (nSPS) is 27.9. The molecule has 0 spiro atoms. The molecule has 1 saturated heterocycles. The molecule has 1 N–H and O–H groups in total. The van der Waals surface area contributed by atoms with E-state index in [0.717, 1.165) is 0 Å². The van der Waals surface area contributed by atoms with Crippen LogP contribution in [-0.4, -0.2) is 59.2 Å². The van der Waals surface area contributed by atoms with Crippen molar-refractivity contribution in [1.82, 2.24) is 24.7 Å². The number of likely N-dealkylation sites (tertiary alicyclic amines) is 1. The average molecular weight is 412 g/mol. The Hall–Kier alpha value is -1.85. The lowest BCUT2D eigenvalue weighted by Gasteiger charge is -2.25. The van der Waals surface area contributed by atoms with Gasteiger partial charge in [-0.2, -0.15) is 4.98 Å². The first kappa shape index (κ1) is 18.5. The Morgan fingerprint density at radius 2 is 2.33 bits per heavy atom. The van der Waals surface area contributed by atoms with Gasteiger partial charge in [-0.25, -0.2) is 18.1 Å². The van der Waals surface area contributed by atoms with E-state index in [1.807, 2.05) is 0 Å². The Kier molecular flexibility index (Phi) is 4.55. The van der Waals surface area contributed by atoms with Crippen molar-refractivity contribution in [3.8, 4) is 0 Å². The van der Waals surface area contributed by atoms with E-state index in [0.29, 0.717) is 43.3 Å². The molecule has 3 atom stereocenters. The van der Waals surface area contributed by atoms with Gasteiger partial charge in [-0.15, -0.1) is 11.3 Å². The molecule has 146 valence electrons. The summed E-state index contributed by atoms with van der Waals surface area (Å²) in [5, 5.41) is 5.65. The van der Waals surface area contributed by atoms with Gasteiger partial charge in [-0.05, 0) is 32.6 Å². The Labute approximate surface area is 161 Å². The van der Waals surface area contributed by atoms with Crippen molar-refractivity contribution in [1.29, 1.82) is 0 Å². The van der Waals surface area contributed by atoms with Crippen molar-refractivity contribution in [2.75, 3.05) is 18.8 Å². The lowest BCUT2D eigenvalue weighted by atomic mass is 9.80. The Balaban J connectivity index is 1.62. The van der Waals surface area contributed by atoms with E-state index in [4.69, 9.17) is 4.52 Å². The molecule has 0 bridgehead atoms. The van der Waals surface area contributed by atoms with Gasteiger partial charge in [-0.3, -0.25) is 4.79 Å². The van der Waals surface area contributed by atoms with E-state index in [1.165, 1.54) is 11.3 Å². The summed E-state index contributed by atoms with van der Waals surface area (Å²) >= 11 is 1.38. The van der Waals surface area contributed by atoms with Crippen LogP contribution in [0, 0.1) is 12.8 Å². The highest BCUT2D eigenvalue weighted by Gasteiger charge is 2.58. The Bertz CT molecular complexity index is 942. The predicted molar refractivity (Wildman–Crippen MR) is 97.8 cm³/mol. The quantitative estimate of drug-likeness (QED) is 0.778. The van der Waals surface area contributed by atoms with Gasteiger partial charge < -0.3 is 9.42 Å². The molecule has 2 aromatic heterocycles. The lowest BCUT2D eigenvalue weighted by molar-refractivity contribution is 0.0768. The van der Waals surface area contributed by atoms with E-state index >= 15 is 0 Å². The van der Waals surface area contributed by atoms with E-state index < -0.39 is 15.4 Å². The van der Waals surface area contributed by atoms with Crippen LogP contribution in [0.15, 0.2) is 15.4 Å². The van der Waals surface area contributed by atoms with Gasteiger partial charge >= 0.3 is 0 Å². The van der Waals surface area contributed by atoms with Crippen LogP contribution in [0.5, 0.6) is 0 Å². The molecule has 4 rings (SSSR count). The third-order valence-corrected chi connectivity index (χ3v) is 7.53. The summed E-state index contributed by atoms with van der Waals surface area (Å²) < 4.78 is 32.3. The number of amides is 1. The van der Waals surface area contributed by atoms with Crippen molar-refractivity contribution in [3.63, 3.8) is 0 Å². The molecule has 3 heterocycles. The first-order valence-corrected chi connectivity index (χ1v) is 11.4. The monoisotopic (exact) mass is 411 g/mol. The predicted octanol–water partition coefficient (Wildman–Crippen LogP) is 0.946. The highest BCUT2D eigenvalue weighted by molar-refractivity contribution is 7.89. The number of carbonyl (C=O) groups excluding carboxylic acids is 1. The third kappa shape index (κ3) is 3.27. The minimum atomic E-state index is -3.31. The van der Waals surface area contributed by atoms with E-state index in [-0.39, 0.29) is 23.6 Å². The van der Waals surface area contributed by atoms with Crippen LogP contribution in [0.25, 0.3) is 0 Å². The summed E-state index contributed by atoms with van der Waals surface area (Å²) in [6.45, 7) is 4.30. The van der Waals surface area contributed by atoms with Crippen LogP contribution in [0.1, 0.15) is 42.0 Å². The molecule has 1 aliphatic heterocycles. The molecule has 2 aliphatic rings. The standard InChI is InChI=1S/C16H21N5O4S2/c1-3-27(23,24)20-12-4-11-6-21(14(22)13-7-26-9-17-13)8-16(11,5-12)15-18-10(2)19-25-15/h7,9,11-12,20H,3-6,8H2,1-2H3/t11-,12+,16-/m0/s1. The molecule has 9 nitrogen and oxygen atoms in total.